The molecule has 13 heteroatoms. The van der Waals surface area contributed by atoms with Crippen molar-refractivity contribution >= 4 is 23.0 Å². The zero-order valence-corrected chi connectivity index (χ0v) is 23.0. The smallest absolute Gasteiger partial charge is 0.343 e. The predicted octanol–water partition coefficient (Wildman–Crippen LogP) is 1.53. The van der Waals surface area contributed by atoms with Gasteiger partial charge in [-0.2, -0.15) is 4.98 Å². The molecule has 0 saturated carbocycles. The number of furan rings is 1. The summed E-state index contributed by atoms with van der Waals surface area (Å²) in [6.07, 6.45) is 1.26. The van der Waals surface area contributed by atoms with Gasteiger partial charge in [0, 0.05) is 51.6 Å². The van der Waals surface area contributed by atoms with E-state index in [1.807, 2.05) is 25.1 Å². The largest absolute Gasteiger partial charge is 0.491 e. The Bertz CT molecular complexity index is 1530. The highest BCUT2D eigenvalue weighted by atomic mass is 16.5. The number of hydrazine groups is 1. The molecule has 3 N–H and O–H groups in total. The third-order valence-corrected chi connectivity index (χ3v) is 7.62. The van der Waals surface area contributed by atoms with Gasteiger partial charge in [-0.3, -0.25) is 19.5 Å². The molecule has 0 bridgehead atoms. The van der Waals surface area contributed by atoms with Gasteiger partial charge >= 0.3 is 5.69 Å². The average molecular weight is 550 g/mol. The Balaban J connectivity index is 1.15. The van der Waals surface area contributed by atoms with Gasteiger partial charge < -0.3 is 18.8 Å². The zero-order chi connectivity index (χ0) is 27.8. The molecule has 3 aromatic heterocycles. The van der Waals surface area contributed by atoms with Gasteiger partial charge in [0.2, 0.25) is 5.78 Å². The minimum Gasteiger partial charge on any atom is -0.491 e. The lowest BCUT2D eigenvalue weighted by atomic mass is 10.1. The van der Waals surface area contributed by atoms with E-state index < -0.39 is 0 Å². The van der Waals surface area contributed by atoms with E-state index in [9.17, 15) is 4.79 Å². The normalized spacial score (nSPS) is 18.7. The number of anilines is 2. The molecule has 0 aliphatic carbocycles. The SMILES string of the molecule is COCCOc1ccc(N2CCN(C(C)Cn3c(=O)[nH]n4c5c(nc34)N(N)C(C)N=C5c3ccco3)CC2)cc1. The molecule has 1 aromatic carbocycles. The number of ether oxygens (including phenoxy) is 2. The van der Waals surface area contributed by atoms with Crippen LogP contribution in [0.5, 0.6) is 5.75 Å². The molecule has 1 fully saturated rings. The van der Waals surface area contributed by atoms with Gasteiger partial charge in [-0.15, -0.1) is 0 Å². The van der Waals surface area contributed by atoms with Crippen LogP contribution in [0.4, 0.5) is 11.5 Å². The number of piperazine rings is 1. The van der Waals surface area contributed by atoms with E-state index >= 15 is 0 Å². The number of hydrogen-bond donors (Lipinski definition) is 2. The van der Waals surface area contributed by atoms with Crippen molar-refractivity contribution in [2.75, 3.05) is 56.4 Å². The summed E-state index contributed by atoms with van der Waals surface area (Å²) in [6, 6.07) is 12.0. The number of aliphatic imine (C=N–C) groups is 1. The van der Waals surface area contributed by atoms with Crippen molar-refractivity contribution < 1.29 is 13.9 Å². The second-order valence-corrected chi connectivity index (χ2v) is 10.1. The van der Waals surface area contributed by atoms with Crippen molar-refractivity contribution in [3.8, 4) is 5.75 Å². The van der Waals surface area contributed by atoms with Gasteiger partial charge in [-0.25, -0.2) is 20.3 Å². The molecular weight excluding hydrogens is 514 g/mol. The van der Waals surface area contributed by atoms with Gasteiger partial charge in [-0.05, 0) is 50.2 Å². The number of imidazole rings is 1. The van der Waals surface area contributed by atoms with Crippen molar-refractivity contribution in [2.24, 2.45) is 10.8 Å². The number of H-pyrrole nitrogens is 1. The second-order valence-electron chi connectivity index (χ2n) is 10.1. The Kier molecular flexibility index (Phi) is 7.09. The van der Waals surface area contributed by atoms with Crippen LogP contribution in [0.25, 0.3) is 5.78 Å². The summed E-state index contributed by atoms with van der Waals surface area (Å²) in [6.45, 7) is 9.19. The molecule has 6 rings (SSSR count). The number of fused-ring (bicyclic) bond motifs is 3. The first-order valence-corrected chi connectivity index (χ1v) is 13.5. The van der Waals surface area contributed by atoms with E-state index in [-0.39, 0.29) is 17.9 Å². The van der Waals surface area contributed by atoms with Crippen LogP contribution in [-0.4, -0.2) is 88.5 Å². The number of methoxy groups -OCH3 is 1. The number of rotatable bonds is 9. The summed E-state index contributed by atoms with van der Waals surface area (Å²) in [5, 5.41) is 4.45. The molecule has 2 aliphatic rings. The third-order valence-electron chi connectivity index (χ3n) is 7.62. The molecule has 0 amide bonds. The van der Waals surface area contributed by atoms with E-state index in [4.69, 9.17) is 29.7 Å². The number of nitrogens with zero attached hydrogens (tertiary/aromatic N) is 7. The van der Waals surface area contributed by atoms with E-state index in [0.717, 1.165) is 31.9 Å². The van der Waals surface area contributed by atoms with Crippen LogP contribution in [-0.2, 0) is 11.3 Å². The number of nitrogens with one attached hydrogen (secondary N) is 1. The van der Waals surface area contributed by atoms with E-state index in [0.29, 0.717) is 48.5 Å². The molecule has 5 heterocycles. The third kappa shape index (κ3) is 4.76. The lowest BCUT2D eigenvalue weighted by molar-refractivity contribution is 0.146. The Hall–Kier alpha value is -4.07. The first-order chi connectivity index (χ1) is 19.4. The van der Waals surface area contributed by atoms with Crippen LogP contribution in [0.3, 0.4) is 0 Å². The standard InChI is InChI=1S/C27H35N9O4/c1-18(32-10-12-33(13-11-32)20-6-8-21(9-7-20)39-16-15-38-3)17-34-26-30-25-24(36(26)31-27(34)37)23(22-5-4-14-40-22)29-19(2)35(25)28/h4-9,14,18-19H,10-13,15-17,28H2,1-3H3,(H,31,37). The molecule has 2 unspecified atom stereocenters. The Morgan fingerprint density at radius 2 is 1.93 bits per heavy atom. The Morgan fingerprint density at radius 3 is 2.62 bits per heavy atom. The lowest BCUT2D eigenvalue weighted by Crippen LogP contribution is -2.51. The molecular formula is C27H35N9O4. The number of hydrogen-bond acceptors (Lipinski definition) is 10. The summed E-state index contributed by atoms with van der Waals surface area (Å²) in [4.78, 5) is 27.3. The van der Waals surface area contributed by atoms with Crippen molar-refractivity contribution in [2.45, 2.75) is 32.6 Å². The highest BCUT2D eigenvalue weighted by molar-refractivity contribution is 6.14. The summed E-state index contributed by atoms with van der Waals surface area (Å²) in [7, 11) is 1.66. The van der Waals surface area contributed by atoms with Gasteiger partial charge in [0.1, 0.15) is 29.9 Å². The fraction of sp³-hybridized carbons (Fsp3) is 0.444. The van der Waals surface area contributed by atoms with Crippen LogP contribution in [0.2, 0.25) is 0 Å². The number of nitrogens with two attached hydrogens (primary N) is 1. The van der Waals surface area contributed by atoms with Crippen LogP contribution in [0.1, 0.15) is 25.3 Å². The molecule has 13 nitrogen and oxygen atoms in total. The summed E-state index contributed by atoms with van der Waals surface area (Å²) >= 11 is 0. The molecule has 40 heavy (non-hydrogen) atoms. The van der Waals surface area contributed by atoms with Crippen molar-refractivity contribution in [3.05, 3.63) is 64.6 Å². The summed E-state index contributed by atoms with van der Waals surface area (Å²) < 4.78 is 19.7. The molecule has 4 aromatic rings. The summed E-state index contributed by atoms with van der Waals surface area (Å²) in [5.41, 5.74) is 2.16. The van der Waals surface area contributed by atoms with Crippen LogP contribution < -0.4 is 26.2 Å². The lowest BCUT2D eigenvalue weighted by Gasteiger charge is -2.39. The maximum Gasteiger partial charge on any atom is 0.343 e. The molecule has 0 radical (unpaired) electrons. The minimum atomic E-state index is -0.331. The fourth-order valence-electron chi connectivity index (χ4n) is 5.37. The van der Waals surface area contributed by atoms with Gasteiger partial charge in [0.05, 0.1) is 12.9 Å². The van der Waals surface area contributed by atoms with Gasteiger partial charge in [-0.1, -0.05) is 0 Å². The molecule has 1 saturated heterocycles. The van der Waals surface area contributed by atoms with E-state index in [1.54, 1.807) is 28.5 Å². The average Bonchev–Trinajstić information content (AvgIpc) is 3.69. The quantitative estimate of drug-likeness (QED) is 0.235. The number of benzene rings is 1. The van der Waals surface area contributed by atoms with Gasteiger partial charge in [0.25, 0.3) is 0 Å². The minimum absolute atomic E-state index is 0.121. The first kappa shape index (κ1) is 26.2. The highest BCUT2D eigenvalue weighted by Gasteiger charge is 2.33. The van der Waals surface area contributed by atoms with Gasteiger partial charge in [0.15, 0.2) is 11.6 Å². The molecule has 2 atom stereocenters. The first-order valence-electron chi connectivity index (χ1n) is 13.5. The molecule has 212 valence electrons. The number of aromatic nitrogens is 4. The topological polar surface area (TPSA) is 135 Å². The highest BCUT2D eigenvalue weighted by Crippen LogP contribution is 2.29. The van der Waals surface area contributed by atoms with Crippen molar-refractivity contribution in [1.82, 2.24) is 24.1 Å². The van der Waals surface area contributed by atoms with Crippen LogP contribution in [0.15, 0.2) is 56.9 Å². The van der Waals surface area contributed by atoms with Crippen LogP contribution >= 0.6 is 0 Å². The van der Waals surface area contributed by atoms with Crippen LogP contribution in [0, 0.1) is 0 Å². The zero-order valence-electron chi connectivity index (χ0n) is 23.0. The van der Waals surface area contributed by atoms with E-state index in [1.165, 1.54) is 10.7 Å². The Labute approximate surface area is 231 Å². The molecule has 2 aliphatic heterocycles. The fourth-order valence-corrected chi connectivity index (χ4v) is 5.37. The monoisotopic (exact) mass is 549 g/mol. The maximum absolute atomic E-state index is 13.1. The predicted molar refractivity (Wildman–Crippen MR) is 151 cm³/mol. The summed E-state index contributed by atoms with van der Waals surface area (Å²) in [5.74, 6) is 8.80. The number of aromatic amines is 1. The van der Waals surface area contributed by atoms with Crippen molar-refractivity contribution in [1.29, 1.82) is 0 Å². The van der Waals surface area contributed by atoms with E-state index in [2.05, 4.69) is 34.0 Å². The molecule has 0 spiro atoms. The maximum atomic E-state index is 13.1. The second kappa shape index (κ2) is 10.8. The Morgan fingerprint density at radius 1 is 1.15 bits per heavy atom. The van der Waals surface area contributed by atoms with Crippen molar-refractivity contribution in [3.63, 3.8) is 0 Å².